The number of fused-ring (bicyclic) bond motifs is 1. The topological polar surface area (TPSA) is 66.8 Å². The highest BCUT2D eigenvalue weighted by Crippen LogP contribution is 2.42. The van der Waals surface area contributed by atoms with Crippen LogP contribution in [0.5, 0.6) is 5.75 Å². The lowest BCUT2D eigenvalue weighted by molar-refractivity contribution is -0.140. The van der Waals surface area contributed by atoms with E-state index < -0.39 is 17.7 Å². The van der Waals surface area contributed by atoms with Crippen molar-refractivity contribution in [2.75, 3.05) is 0 Å². The van der Waals surface area contributed by atoms with Gasteiger partial charge in [-0.1, -0.05) is 30.3 Å². The monoisotopic (exact) mass is 445 g/mol. The molecule has 2 aliphatic heterocycles. The molecule has 0 spiro atoms. The Kier molecular flexibility index (Phi) is 5.10. The molecule has 0 aliphatic carbocycles. The van der Waals surface area contributed by atoms with Gasteiger partial charge in [-0.15, -0.1) is 11.3 Å². The lowest BCUT2D eigenvalue weighted by atomic mass is 9.92. The molecule has 0 radical (unpaired) electrons. The van der Waals surface area contributed by atoms with Crippen molar-refractivity contribution >= 4 is 28.8 Å². The van der Waals surface area contributed by atoms with Gasteiger partial charge >= 0.3 is 0 Å². The summed E-state index contributed by atoms with van der Waals surface area (Å²) in [6, 6.07) is 16.3. The number of carbonyl (C=O) groups is 2. The second-order valence-electron chi connectivity index (χ2n) is 8.32. The van der Waals surface area contributed by atoms with Crippen LogP contribution >= 0.6 is 11.3 Å². The summed E-state index contributed by atoms with van der Waals surface area (Å²) in [5, 5.41) is 13.3. The number of ether oxygens (including phenoxy) is 1. The van der Waals surface area contributed by atoms with E-state index in [0.29, 0.717) is 12.1 Å². The van der Waals surface area contributed by atoms with Crippen LogP contribution in [0.1, 0.15) is 40.1 Å². The van der Waals surface area contributed by atoms with E-state index in [1.165, 1.54) is 11.3 Å². The largest absolute Gasteiger partial charge is 0.507 e. The number of likely N-dealkylation sites (tertiary alicyclic amines) is 1. The summed E-state index contributed by atoms with van der Waals surface area (Å²) in [5.41, 5.74) is 3.43. The zero-order valence-corrected chi connectivity index (χ0v) is 18.7. The molecule has 2 aliphatic rings. The first kappa shape index (κ1) is 20.5. The van der Waals surface area contributed by atoms with Crippen LogP contribution in [0, 0.1) is 6.92 Å². The Morgan fingerprint density at radius 1 is 1.16 bits per heavy atom. The molecule has 2 unspecified atom stereocenters. The Morgan fingerprint density at radius 2 is 1.97 bits per heavy atom. The fourth-order valence-electron chi connectivity index (χ4n) is 4.56. The van der Waals surface area contributed by atoms with Gasteiger partial charge in [0.05, 0.1) is 18.2 Å². The predicted octanol–water partition coefficient (Wildman–Crippen LogP) is 5.00. The Hall–Kier alpha value is -3.38. The van der Waals surface area contributed by atoms with Gasteiger partial charge < -0.3 is 14.7 Å². The quantitative estimate of drug-likeness (QED) is 0.349. The maximum absolute atomic E-state index is 13.2. The van der Waals surface area contributed by atoms with Crippen LogP contribution in [-0.2, 0) is 22.6 Å². The average Bonchev–Trinajstić information content (AvgIpc) is 3.48. The summed E-state index contributed by atoms with van der Waals surface area (Å²) in [6.45, 7) is 4.26. The molecule has 6 heteroatoms. The van der Waals surface area contributed by atoms with Crippen molar-refractivity contribution in [3.05, 3.63) is 92.7 Å². The van der Waals surface area contributed by atoms with Crippen LogP contribution < -0.4 is 4.74 Å². The summed E-state index contributed by atoms with van der Waals surface area (Å²) in [7, 11) is 0. The molecule has 32 heavy (non-hydrogen) atoms. The van der Waals surface area contributed by atoms with Crippen molar-refractivity contribution in [2.24, 2.45) is 0 Å². The van der Waals surface area contributed by atoms with E-state index in [1.807, 2.05) is 67.8 Å². The zero-order chi connectivity index (χ0) is 22.4. The van der Waals surface area contributed by atoms with E-state index in [0.717, 1.165) is 33.7 Å². The third kappa shape index (κ3) is 3.41. The number of benzene rings is 2. The summed E-state index contributed by atoms with van der Waals surface area (Å²) >= 11 is 1.54. The third-order valence-electron chi connectivity index (χ3n) is 6.10. The molecule has 0 bridgehead atoms. The number of Topliss-reactive ketones (excluding diaryl/α,β-unsaturated/α-hetero) is 1. The molecule has 1 N–H and O–H groups in total. The highest BCUT2D eigenvalue weighted by atomic mass is 32.1. The minimum Gasteiger partial charge on any atom is -0.507 e. The summed E-state index contributed by atoms with van der Waals surface area (Å²) in [4.78, 5) is 28.9. The zero-order valence-electron chi connectivity index (χ0n) is 17.9. The molecule has 1 amide bonds. The van der Waals surface area contributed by atoms with Gasteiger partial charge in [0.1, 0.15) is 17.6 Å². The van der Waals surface area contributed by atoms with Gasteiger partial charge in [-0.3, -0.25) is 9.59 Å². The van der Waals surface area contributed by atoms with Gasteiger partial charge in [0.15, 0.2) is 0 Å². The van der Waals surface area contributed by atoms with Crippen LogP contribution in [0.15, 0.2) is 65.6 Å². The van der Waals surface area contributed by atoms with E-state index in [9.17, 15) is 14.7 Å². The summed E-state index contributed by atoms with van der Waals surface area (Å²) < 4.78 is 5.76. The average molecular weight is 446 g/mol. The minimum absolute atomic E-state index is 0.0748. The van der Waals surface area contributed by atoms with Crippen molar-refractivity contribution < 1.29 is 19.4 Å². The SMILES string of the molecule is Cc1ccccc1C1/C(=C(\O)c2ccc3c(c2)CC(C)O3)C(=O)C(=O)N1Cc1cccs1. The van der Waals surface area contributed by atoms with E-state index in [4.69, 9.17) is 4.74 Å². The summed E-state index contributed by atoms with van der Waals surface area (Å²) in [5.74, 6) is -0.598. The van der Waals surface area contributed by atoms with Crippen LogP contribution in [0.3, 0.4) is 0 Å². The van der Waals surface area contributed by atoms with Crippen LogP contribution in [0.2, 0.25) is 0 Å². The van der Waals surface area contributed by atoms with Gasteiger partial charge in [0.2, 0.25) is 0 Å². The lowest BCUT2D eigenvalue weighted by Crippen LogP contribution is -2.29. The molecule has 2 atom stereocenters. The van der Waals surface area contributed by atoms with Crippen LogP contribution in [0.4, 0.5) is 0 Å². The number of ketones is 1. The number of amides is 1. The number of aryl methyl sites for hydroxylation is 1. The van der Waals surface area contributed by atoms with E-state index in [2.05, 4.69) is 0 Å². The molecule has 3 aromatic rings. The Balaban J connectivity index is 1.65. The summed E-state index contributed by atoms with van der Waals surface area (Å²) in [6.07, 6.45) is 0.815. The number of hydrogen-bond donors (Lipinski definition) is 1. The highest BCUT2D eigenvalue weighted by Gasteiger charge is 2.46. The molecular formula is C26H23NO4S. The van der Waals surface area contributed by atoms with E-state index >= 15 is 0 Å². The molecule has 5 nitrogen and oxygen atoms in total. The van der Waals surface area contributed by atoms with Crippen molar-refractivity contribution in [3.8, 4) is 5.75 Å². The highest BCUT2D eigenvalue weighted by molar-refractivity contribution is 7.09. The van der Waals surface area contributed by atoms with Gasteiger partial charge in [-0.2, -0.15) is 0 Å². The van der Waals surface area contributed by atoms with Crippen molar-refractivity contribution in [1.29, 1.82) is 0 Å². The lowest BCUT2D eigenvalue weighted by Gasteiger charge is -2.26. The maximum atomic E-state index is 13.2. The second kappa shape index (κ2) is 7.95. The first-order chi connectivity index (χ1) is 15.4. The standard InChI is InChI=1S/C26H23NO4S/c1-15-6-3-4-8-20(15)23-22(25(29)26(30)27(23)14-19-7-5-11-32-19)24(28)17-9-10-21-18(13-17)12-16(2)31-21/h3-11,13,16,23,28H,12,14H2,1-2H3/b24-22+. The molecular weight excluding hydrogens is 422 g/mol. The first-order valence-electron chi connectivity index (χ1n) is 10.6. The second-order valence-corrected chi connectivity index (χ2v) is 9.35. The van der Waals surface area contributed by atoms with Crippen molar-refractivity contribution in [2.45, 2.75) is 39.0 Å². The number of nitrogens with zero attached hydrogens (tertiary/aromatic N) is 1. The van der Waals surface area contributed by atoms with Gasteiger partial charge in [0, 0.05) is 16.9 Å². The van der Waals surface area contributed by atoms with E-state index in [1.54, 1.807) is 11.0 Å². The molecule has 0 saturated carbocycles. The number of rotatable bonds is 4. The fourth-order valence-corrected chi connectivity index (χ4v) is 5.26. The third-order valence-corrected chi connectivity index (χ3v) is 6.96. The Labute approximate surface area is 190 Å². The smallest absolute Gasteiger partial charge is 0.295 e. The number of carbonyl (C=O) groups excluding carboxylic acids is 2. The van der Waals surface area contributed by atoms with Gasteiger partial charge in [-0.05, 0) is 60.2 Å². The van der Waals surface area contributed by atoms with Crippen LogP contribution in [0.25, 0.3) is 5.76 Å². The first-order valence-corrected chi connectivity index (χ1v) is 11.5. The van der Waals surface area contributed by atoms with E-state index in [-0.39, 0.29) is 17.4 Å². The predicted molar refractivity (Wildman–Crippen MR) is 124 cm³/mol. The molecule has 2 aromatic carbocycles. The van der Waals surface area contributed by atoms with Crippen molar-refractivity contribution in [3.63, 3.8) is 0 Å². The molecule has 5 rings (SSSR count). The number of hydrogen-bond acceptors (Lipinski definition) is 5. The maximum Gasteiger partial charge on any atom is 0.295 e. The normalized spacial score (nSPS) is 21.6. The van der Waals surface area contributed by atoms with Crippen LogP contribution in [-0.4, -0.2) is 27.8 Å². The number of thiophene rings is 1. The van der Waals surface area contributed by atoms with Crippen molar-refractivity contribution in [1.82, 2.24) is 4.90 Å². The van der Waals surface area contributed by atoms with Gasteiger partial charge in [-0.25, -0.2) is 0 Å². The minimum atomic E-state index is -0.655. The Bertz CT molecular complexity index is 1240. The molecule has 3 heterocycles. The molecule has 1 aromatic heterocycles. The molecule has 162 valence electrons. The number of aliphatic hydroxyl groups is 1. The molecule has 1 fully saturated rings. The fraction of sp³-hybridized carbons (Fsp3) is 0.231. The Morgan fingerprint density at radius 3 is 2.72 bits per heavy atom. The van der Waals surface area contributed by atoms with Gasteiger partial charge in [0.25, 0.3) is 11.7 Å². The molecule has 1 saturated heterocycles. The number of aliphatic hydroxyl groups excluding tert-OH is 1.